The molecule has 0 fully saturated rings. The molecule has 9 aromatic rings. The standard InChI is InChI=1S/C42H28N2/c1-3-11-29(12-4-1)30-19-21-31(22-20-30)32-23-25-34(26-24-32)44-40-18-10-8-16-36(40)38-28-27-37-35-15-7-9-17-39(35)43(41(37)42(38)44)33-13-5-2-6-14-33/h1-28H/i2D,5D,6D,13D,14D. The van der Waals surface area contributed by atoms with Gasteiger partial charge in [-0.05, 0) is 58.6 Å². The lowest BCUT2D eigenvalue weighted by Gasteiger charge is -2.13. The summed E-state index contributed by atoms with van der Waals surface area (Å²) in [7, 11) is 0. The van der Waals surface area contributed by atoms with Crippen LogP contribution in [0.2, 0.25) is 0 Å². The van der Waals surface area contributed by atoms with Crippen molar-refractivity contribution in [3.05, 3.63) is 170 Å². The lowest BCUT2D eigenvalue weighted by Crippen LogP contribution is -1.98. The molecule has 0 N–H and O–H groups in total. The highest BCUT2D eigenvalue weighted by Crippen LogP contribution is 2.41. The minimum Gasteiger partial charge on any atom is -0.307 e. The highest BCUT2D eigenvalue weighted by Gasteiger charge is 2.20. The van der Waals surface area contributed by atoms with Crippen molar-refractivity contribution >= 4 is 43.6 Å². The van der Waals surface area contributed by atoms with Gasteiger partial charge in [-0.1, -0.05) is 133 Å². The summed E-state index contributed by atoms with van der Waals surface area (Å²) in [5.74, 6) is 0. The Balaban J connectivity index is 1.32. The lowest BCUT2D eigenvalue weighted by atomic mass is 10.0. The second-order valence-electron chi connectivity index (χ2n) is 11.0. The Labute approximate surface area is 262 Å². The lowest BCUT2D eigenvalue weighted by molar-refractivity contribution is 1.15. The van der Waals surface area contributed by atoms with Crippen molar-refractivity contribution in [1.29, 1.82) is 0 Å². The molecule has 0 amide bonds. The van der Waals surface area contributed by atoms with E-state index in [0.717, 1.165) is 60.4 Å². The molecule has 7 aromatic carbocycles. The van der Waals surface area contributed by atoms with Gasteiger partial charge in [-0.2, -0.15) is 0 Å². The molecule has 0 bridgehead atoms. The third-order valence-electron chi connectivity index (χ3n) is 8.63. The van der Waals surface area contributed by atoms with Crippen LogP contribution in [-0.4, -0.2) is 9.13 Å². The van der Waals surface area contributed by atoms with E-state index >= 15 is 0 Å². The van der Waals surface area contributed by atoms with Gasteiger partial charge in [0, 0.05) is 32.9 Å². The average molecular weight is 566 g/mol. The number of nitrogens with zero attached hydrogens (tertiary/aromatic N) is 2. The zero-order valence-corrected chi connectivity index (χ0v) is 23.7. The summed E-state index contributed by atoms with van der Waals surface area (Å²) >= 11 is 0. The molecule has 9 rings (SSSR count). The molecule has 206 valence electrons. The van der Waals surface area contributed by atoms with E-state index in [0.29, 0.717) is 0 Å². The van der Waals surface area contributed by atoms with Crippen LogP contribution in [0.5, 0.6) is 0 Å². The summed E-state index contributed by atoms with van der Waals surface area (Å²) in [5, 5.41) is 3.96. The van der Waals surface area contributed by atoms with E-state index in [1.165, 1.54) is 11.1 Å². The van der Waals surface area contributed by atoms with Gasteiger partial charge in [0.05, 0.1) is 28.9 Å². The molecular weight excluding hydrogens is 532 g/mol. The number of hydrogen-bond donors (Lipinski definition) is 0. The molecule has 0 unspecified atom stereocenters. The third kappa shape index (κ3) is 3.75. The Morgan fingerprint density at radius 1 is 0.341 bits per heavy atom. The molecule has 0 saturated heterocycles. The monoisotopic (exact) mass is 565 g/mol. The van der Waals surface area contributed by atoms with E-state index in [9.17, 15) is 0 Å². The molecule has 2 heterocycles. The average Bonchev–Trinajstić information content (AvgIpc) is 3.67. The number of para-hydroxylation sites is 3. The van der Waals surface area contributed by atoms with Crippen LogP contribution in [0.4, 0.5) is 0 Å². The van der Waals surface area contributed by atoms with Gasteiger partial charge < -0.3 is 9.13 Å². The van der Waals surface area contributed by atoms with Gasteiger partial charge in [-0.25, -0.2) is 0 Å². The number of fused-ring (bicyclic) bond motifs is 7. The van der Waals surface area contributed by atoms with Crippen LogP contribution < -0.4 is 0 Å². The molecule has 2 heteroatoms. The van der Waals surface area contributed by atoms with Crippen molar-refractivity contribution < 1.29 is 6.85 Å². The van der Waals surface area contributed by atoms with Gasteiger partial charge in [0.1, 0.15) is 0 Å². The fourth-order valence-corrected chi connectivity index (χ4v) is 6.65. The molecule has 0 spiro atoms. The molecule has 0 aliphatic carbocycles. The van der Waals surface area contributed by atoms with Crippen LogP contribution in [0, 0.1) is 0 Å². The zero-order chi connectivity index (χ0) is 33.4. The van der Waals surface area contributed by atoms with Gasteiger partial charge in [0.2, 0.25) is 0 Å². The quantitative estimate of drug-likeness (QED) is 0.201. The van der Waals surface area contributed by atoms with Gasteiger partial charge in [0.15, 0.2) is 0 Å². The van der Waals surface area contributed by atoms with Crippen LogP contribution >= 0.6 is 0 Å². The van der Waals surface area contributed by atoms with Crippen molar-refractivity contribution in [2.24, 2.45) is 0 Å². The van der Waals surface area contributed by atoms with E-state index in [4.69, 9.17) is 6.85 Å². The second kappa shape index (κ2) is 9.86. The molecule has 2 aromatic heterocycles. The van der Waals surface area contributed by atoms with Gasteiger partial charge in [0.25, 0.3) is 0 Å². The summed E-state index contributed by atoms with van der Waals surface area (Å²) in [4.78, 5) is 0. The Morgan fingerprint density at radius 2 is 0.773 bits per heavy atom. The van der Waals surface area contributed by atoms with Crippen molar-refractivity contribution in [2.45, 2.75) is 0 Å². The molecule has 2 nitrogen and oxygen atoms in total. The minimum atomic E-state index is -0.409. The van der Waals surface area contributed by atoms with Gasteiger partial charge >= 0.3 is 0 Å². The molecule has 0 atom stereocenters. The van der Waals surface area contributed by atoms with E-state index in [1.54, 1.807) is 0 Å². The first-order valence-corrected chi connectivity index (χ1v) is 14.7. The molecule has 0 radical (unpaired) electrons. The Morgan fingerprint density at radius 3 is 1.32 bits per heavy atom. The summed E-state index contributed by atoms with van der Waals surface area (Å²) in [6, 6.07) is 46.3. The smallest absolute Gasteiger partial charge is 0.0788 e. The van der Waals surface area contributed by atoms with E-state index in [2.05, 4.69) is 89.5 Å². The van der Waals surface area contributed by atoms with Crippen molar-refractivity contribution in [3.63, 3.8) is 0 Å². The molecule has 0 saturated carbocycles. The van der Waals surface area contributed by atoms with Crippen LogP contribution in [0.25, 0.3) is 77.2 Å². The maximum Gasteiger partial charge on any atom is 0.0788 e. The van der Waals surface area contributed by atoms with Crippen LogP contribution in [0.1, 0.15) is 6.85 Å². The first-order chi connectivity index (χ1) is 23.9. The number of aromatic nitrogens is 2. The number of hydrogen-bond acceptors (Lipinski definition) is 0. The summed E-state index contributed by atoms with van der Waals surface area (Å²) < 4.78 is 47.3. The largest absolute Gasteiger partial charge is 0.307 e. The van der Waals surface area contributed by atoms with Gasteiger partial charge in [-0.3, -0.25) is 0 Å². The molecule has 0 aliphatic rings. The zero-order valence-electron chi connectivity index (χ0n) is 28.7. The third-order valence-corrected chi connectivity index (χ3v) is 8.63. The van der Waals surface area contributed by atoms with Crippen molar-refractivity contribution in [1.82, 2.24) is 9.13 Å². The van der Waals surface area contributed by atoms with E-state index in [1.807, 2.05) is 59.2 Å². The van der Waals surface area contributed by atoms with Crippen LogP contribution in [0.3, 0.4) is 0 Å². The summed E-state index contributed by atoms with van der Waals surface area (Å²) in [6.07, 6.45) is 0. The molecule has 0 aliphatic heterocycles. The summed E-state index contributed by atoms with van der Waals surface area (Å²) in [5.41, 5.74) is 9.15. The minimum absolute atomic E-state index is 0.135. The van der Waals surface area contributed by atoms with E-state index in [-0.39, 0.29) is 29.9 Å². The molecular formula is C42H28N2. The van der Waals surface area contributed by atoms with Crippen LogP contribution in [-0.2, 0) is 0 Å². The predicted octanol–water partition coefficient (Wildman–Crippen LogP) is 11.2. The maximum atomic E-state index is 8.96. The van der Waals surface area contributed by atoms with E-state index < -0.39 is 6.04 Å². The SMILES string of the molecule is [2H]c1c([2H])c([2H])c(-n2c3ccccc3c3ccc4c5ccccc5n(-c5ccc(-c6ccc(-c7ccccc7)cc6)cc5)c4c32)c([2H])c1[2H]. The normalized spacial score (nSPS) is 13.2. The molecule has 44 heavy (non-hydrogen) atoms. The van der Waals surface area contributed by atoms with Crippen molar-refractivity contribution in [3.8, 4) is 33.6 Å². The highest BCUT2D eigenvalue weighted by molar-refractivity contribution is 6.23. The first kappa shape index (κ1) is 20.1. The number of benzene rings is 7. The summed E-state index contributed by atoms with van der Waals surface area (Å²) in [6.45, 7) is 0. The Bertz CT molecular complexity index is 2710. The second-order valence-corrected chi connectivity index (χ2v) is 11.0. The van der Waals surface area contributed by atoms with Crippen molar-refractivity contribution in [2.75, 3.05) is 0 Å². The predicted molar refractivity (Wildman–Crippen MR) is 186 cm³/mol. The van der Waals surface area contributed by atoms with Gasteiger partial charge in [-0.15, -0.1) is 0 Å². The first-order valence-electron chi connectivity index (χ1n) is 17.2. The maximum absolute atomic E-state index is 8.96. The Kier molecular flexibility index (Phi) is 4.51. The highest BCUT2D eigenvalue weighted by atomic mass is 15.0. The topological polar surface area (TPSA) is 9.86 Å². The Hall–Kier alpha value is -5.86. The fraction of sp³-hybridized carbons (Fsp3) is 0. The number of rotatable bonds is 4. The fourth-order valence-electron chi connectivity index (χ4n) is 6.65. The van der Waals surface area contributed by atoms with Crippen LogP contribution in [0.15, 0.2) is 170 Å².